The average molecular weight is 395 g/mol. The average Bonchev–Trinajstić information content (AvgIpc) is 2.72. The van der Waals surface area contributed by atoms with E-state index in [1.165, 1.54) is 0 Å². The fraction of sp³-hybridized carbons (Fsp3) is 0.227. The van der Waals surface area contributed by atoms with Crippen LogP contribution in [0.4, 0.5) is 11.5 Å². The van der Waals surface area contributed by atoms with Gasteiger partial charge in [-0.15, -0.1) is 0 Å². The van der Waals surface area contributed by atoms with Crippen LogP contribution in [-0.4, -0.2) is 29.5 Å². The van der Waals surface area contributed by atoms with Crippen molar-refractivity contribution in [2.24, 2.45) is 0 Å². The molecule has 3 aromatic rings. The molecule has 0 aliphatic rings. The van der Waals surface area contributed by atoms with E-state index >= 15 is 0 Å². The molecule has 6 heteroatoms. The number of aromatic nitrogens is 2. The summed E-state index contributed by atoms with van der Waals surface area (Å²) < 4.78 is 0. The predicted molar refractivity (Wildman–Crippen MR) is 115 cm³/mol. The van der Waals surface area contributed by atoms with Gasteiger partial charge < -0.3 is 10.2 Å². The summed E-state index contributed by atoms with van der Waals surface area (Å²) in [6, 6.07) is 17.0. The topological polar surface area (TPSA) is 58.1 Å². The Labute approximate surface area is 170 Å². The third kappa shape index (κ3) is 4.49. The van der Waals surface area contributed by atoms with Crippen molar-refractivity contribution >= 4 is 29.0 Å². The molecule has 0 aliphatic heterocycles. The van der Waals surface area contributed by atoms with Crippen molar-refractivity contribution in [1.29, 1.82) is 0 Å². The van der Waals surface area contributed by atoms with E-state index in [1.54, 1.807) is 24.1 Å². The first kappa shape index (κ1) is 19.8. The van der Waals surface area contributed by atoms with Crippen LogP contribution in [0.5, 0.6) is 0 Å². The number of rotatable bonds is 6. The van der Waals surface area contributed by atoms with Gasteiger partial charge in [0.05, 0.1) is 6.54 Å². The van der Waals surface area contributed by atoms with Gasteiger partial charge in [-0.05, 0) is 37.6 Å². The molecule has 0 radical (unpaired) electrons. The second-order valence-corrected chi connectivity index (χ2v) is 6.90. The molecule has 0 atom stereocenters. The molecule has 3 rings (SSSR count). The van der Waals surface area contributed by atoms with Crippen LogP contribution >= 0.6 is 11.6 Å². The fourth-order valence-electron chi connectivity index (χ4n) is 2.97. The molecule has 0 spiro atoms. The SMILES string of the molecule is CCc1c(C)nc(-c2ccccc2)nc1NCC(=O)N(C)c1ccc(Cl)cc1. The summed E-state index contributed by atoms with van der Waals surface area (Å²) in [5.41, 5.74) is 3.66. The second kappa shape index (κ2) is 8.85. The van der Waals surface area contributed by atoms with Crippen molar-refractivity contribution in [1.82, 2.24) is 9.97 Å². The van der Waals surface area contributed by atoms with Crippen LogP contribution in [0.1, 0.15) is 18.2 Å². The van der Waals surface area contributed by atoms with Gasteiger partial charge in [0.1, 0.15) is 5.82 Å². The van der Waals surface area contributed by atoms with E-state index in [-0.39, 0.29) is 12.5 Å². The number of nitrogens with one attached hydrogen (secondary N) is 1. The minimum Gasteiger partial charge on any atom is -0.361 e. The summed E-state index contributed by atoms with van der Waals surface area (Å²) in [6.07, 6.45) is 0.782. The van der Waals surface area contributed by atoms with Crippen molar-refractivity contribution in [2.75, 3.05) is 23.8 Å². The van der Waals surface area contributed by atoms with Gasteiger partial charge in [0, 0.05) is 34.6 Å². The minimum atomic E-state index is -0.0677. The number of benzene rings is 2. The molecular weight excluding hydrogens is 372 g/mol. The Hall–Kier alpha value is -2.92. The van der Waals surface area contributed by atoms with E-state index in [9.17, 15) is 4.79 Å². The molecular formula is C22H23ClN4O. The molecule has 0 bridgehead atoms. The Balaban J connectivity index is 1.80. The normalized spacial score (nSPS) is 10.6. The zero-order valence-corrected chi connectivity index (χ0v) is 17.0. The van der Waals surface area contributed by atoms with E-state index < -0.39 is 0 Å². The molecule has 1 heterocycles. The van der Waals surface area contributed by atoms with Gasteiger partial charge in [-0.1, -0.05) is 48.9 Å². The van der Waals surface area contributed by atoms with Gasteiger partial charge in [-0.25, -0.2) is 9.97 Å². The van der Waals surface area contributed by atoms with Gasteiger partial charge in [0.25, 0.3) is 0 Å². The molecule has 0 fully saturated rings. The maximum atomic E-state index is 12.6. The molecule has 28 heavy (non-hydrogen) atoms. The van der Waals surface area contributed by atoms with Crippen molar-refractivity contribution in [2.45, 2.75) is 20.3 Å². The number of aryl methyl sites for hydroxylation is 1. The molecule has 1 N–H and O–H groups in total. The maximum Gasteiger partial charge on any atom is 0.246 e. The number of nitrogens with zero attached hydrogens (tertiary/aromatic N) is 3. The largest absolute Gasteiger partial charge is 0.361 e. The summed E-state index contributed by atoms with van der Waals surface area (Å²) in [5.74, 6) is 1.28. The van der Waals surface area contributed by atoms with E-state index in [4.69, 9.17) is 11.6 Å². The number of hydrogen-bond acceptors (Lipinski definition) is 4. The fourth-order valence-corrected chi connectivity index (χ4v) is 3.09. The molecule has 1 amide bonds. The Morgan fingerprint density at radius 2 is 1.75 bits per heavy atom. The van der Waals surface area contributed by atoms with Crippen molar-refractivity contribution in [3.8, 4) is 11.4 Å². The Morgan fingerprint density at radius 3 is 2.39 bits per heavy atom. The van der Waals surface area contributed by atoms with E-state index in [0.29, 0.717) is 16.7 Å². The monoisotopic (exact) mass is 394 g/mol. The second-order valence-electron chi connectivity index (χ2n) is 6.46. The van der Waals surface area contributed by atoms with Crippen molar-refractivity contribution in [3.05, 3.63) is 70.9 Å². The molecule has 0 saturated heterocycles. The van der Waals surface area contributed by atoms with Crippen LogP contribution in [0.2, 0.25) is 5.02 Å². The summed E-state index contributed by atoms with van der Waals surface area (Å²) >= 11 is 5.92. The first-order valence-corrected chi connectivity index (χ1v) is 9.56. The standard InChI is InChI=1S/C22H23ClN4O/c1-4-19-15(2)25-21(16-8-6-5-7-9-16)26-22(19)24-14-20(28)27(3)18-12-10-17(23)11-13-18/h5-13H,4,14H2,1-3H3,(H,24,25,26). The van der Waals surface area contributed by atoms with Crippen LogP contribution in [-0.2, 0) is 11.2 Å². The number of halogens is 1. The highest BCUT2D eigenvalue weighted by molar-refractivity contribution is 6.30. The summed E-state index contributed by atoms with van der Waals surface area (Å²) in [6.45, 7) is 4.16. The number of carbonyl (C=O) groups is 1. The lowest BCUT2D eigenvalue weighted by atomic mass is 10.1. The summed E-state index contributed by atoms with van der Waals surface area (Å²) in [5, 5.41) is 3.85. The summed E-state index contributed by atoms with van der Waals surface area (Å²) in [7, 11) is 1.74. The highest BCUT2D eigenvalue weighted by Gasteiger charge is 2.15. The van der Waals surface area contributed by atoms with Gasteiger partial charge in [-0.3, -0.25) is 4.79 Å². The van der Waals surface area contributed by atoms with E-state index in [1.807, 2.05) is 49.4 Å². The Bertz CT molecular complexity index is 958. The molecule has 2 aromatic carbocycles. The maximum absolute atomic E-state index is 12.6. The summed E-state index contributed by atoms with van der Waals surface area (Å²) in [4.78, 5) is 23.5. The lowest BCUT2D eigenvalue weighted by molar-refractivity contribution is -0.116. The smallest absolute Gasteiger partial charge is 0.246 e. The molecule has 5 nitrogen and oxygen atoms in total. The predicted octanol–water partition coefficient (Wildman–Crippen LogP) is 4.74. The van der Waals surface area contributed by atoms with Crippen LogP contribution < -0.4 is 10.2 Å². The molecule has 0 unspecified atom stereocenters. The number of hydrogen-bond donors (Lipinski definition) is 1. The Morgan fingerprint density at radius 1 is 1.07 bits per heavy atom. The van der Waals surface area contributed by atoms with Gasteiger partial charge in [-0.2, -0.15) is 0 Å². The van der Waals surface area contributed by atoms with E-state index in [0.717, 1.165) is 28.9 Å². The van der Waals surface area contributed by atoms with Gasteiger partial charge >= 0.3 is 0 Å². The third-order valence-corrected chi connectivity index (χ3v) is 4.85. The first-order chi connectivity index (χ1) is 13.5. The number of amides is 1. The quantitative estimate of drug-likeness (QED) is 0.655. The van der Waals surface area contributed by atoms with Crippen molar-refractivity contribution in [3.63, 3.8) is 0 Å². The molecule has 0 aliphatic carbocycles. The Kier molecular flexibility index (Phi) is 6.26. The van der Waals surface area contributed by atoms with Crippen LogP contribution in [0.15, 0.2) is 54.6 Å². The zero-order chi connectivity index (χ0) is 20.1. The third-order valence-electron chi connectivity index (χ3n) is 4.59. The highest BCUT2D eigenvalue weighted by Crippen LogP contribution is 2.23. The lowest BCUT2D eigenvalue weighted by Crippen LogP contribution is -2.32. The zero-order valence-electron chi connectivity index (χ0n) is 16.2. The number of anilines is 2. The van der Waals surface area contributed by atoms with Crippen LogP contribution in [0.25, 0.3) is 11.4 Å². The van der Waals surface area contributed by atoms with Crippen LogP contribution in [0.3, 0.4) is 0 Å². The highest BCUT2D eigenvalue weighted by atomic mass is 35.5. The van der Waals surface area contributed by atoms with E-state index in [2.05, 4.69) is 22.2 Å². The first-order valence-electron chi connectivity index (χ1n) is 9.18. The number of carbonyl (C=O) groups excluding carboxylic acids is 1. The molecule has 144 valence electrons. The minimum absolute atomic E-state index is 0.0677. The molecule has 0 saturated carbocycles. The van der Waals surface area contributed by atoms with Gasteiger partial charge in [0.15, 0.2) is 5.82 Å². The van der Waals surface area contributed by atoms with Gasteiger partial charge in [0.2, 0.25) is 5.91 Å². The van der Waals surface area contributed by atoms with Crippen molar-refractivity contribution < 1.29 is 4.79 Å². The number of likely N-dealkylation sites (N-methyl/N-ethyl adjacent to an activating group) is 1. The van der Waals surface area contributed by atoms with Crippen LogP contribution in [0, 0.1) is 6.92 Å². The molecule has 1 aromatic heterocycles. The lowest BCUT2D eigenvalue weighted by Gasteiger charge is -2.19.